The van der Waals surface area contributed by atoms with Crippen molar-refractivity contribution >= 4 is 15.9 Å². The molecule has 1 amide bonds. The molecule has 0 bridgehead atoms. The molecule has 2 heterocycles. The lowest BCUT2D eigenvalue weighted by Gasteiger charge is -2.41. The van der Waals surface area contributed by atoms with Crippen LogP contribution in [0.4, 0.5) is 17.6 Å². The Balaban J connectivity index is 1.55. The molecular formula is C22H23F4N3O4S. The summed E-state index contributed by atoms with van der Waals surface area (Å²) in [6.07, 6.45) is -0.653. The van der Waals surface area contributed by atoms with Gasteiger partial charge in [0.1, 0.15) is 11.9 Å². The third-order valence-corrected chi connectivity index (χ3v) is 7.34. The lowest BCUT2D eigenvalue weighted by atomic mass is 9.87. The first-order valence-electron chi connectivity index (χ1n) is 10.6. The Bertz CT molecular complexity index is 1160. The topological polar surface area (TPSA) is 102 Å². The van der Waals surface area contributed by atoms with Crippen molar-refractivity contribution in [2.45, 2.75) is 42.6 Å². The average molecular weight is 502 g/mol. The number of halogens is 4. The van der Waals surface area contributed by atoms with Gasteiger partial charge in [0, 0.05) is 12.6 Å². The molecule has 4 rings (SSSR count). The molecular weight excluding hydrogens is 478 g/mol. The zero-order valence-electron chi connectivity index (χ0n) is 17.8. The number of carbonyl (C=O) groups excluding carboxylic acids is 1. The second kappa shape index (κ2) is 9.25. The Hall–Kier alpha value is -2.54. The highest BCUT2D eigenvalue weighted by atomic mass is 32.2. The number of sulfonamides is 1. The van der Waals surface area contributed by atoms with Crippen molar-refractivity contribution in [3.8, 4) is 0 Å². The van der Waals surface area contributed by atoms with E-state index in [2.05, 4.69) is 0 Å². The van der Waals surface area contributed by atoms with Gasteiger partial charge in [-0.15, -0.1) is 0 Å². The Labute approximate surface area is 193 Å². The molecule has 184 valence electrons. The molecule has 7 nitrogen and oxygen atoms in total. The van der Waals surface area contributed by atoms with Gasteiger partial charge in [0.2, 0.25) is 0 Å². The van der Waals surface area contributed by atoms with Gasteiger partial charge < -0.3 is 15.4 Å². The highest BCUT2D eigenvalue weighted by molar-refractivity contribution is 7.90. The second-order valence-corrected chi connectivity index (χ2v) is 10.0. The summed E-state index contributed by atoms with van der Waals surface area (Å²) < 4.78 is 81.5. The number of alkyl halides is 3. The fraction of sp³-hybridized carbons (Fsp3) is 0.409. The van der Waals surface area contributed by atoms with Crippen molar-refractivity contribution in [2.75, 3.05) is 13.2 Å². The minimum absolute atomic E-state index is 0.168. The second-order valence-electron chi connectivity index (χ2n) is 8.33. The van der Waals surface area contributed by atoms with Crippen molar-refractivity contribution in [3.05, 3.63) is 71.0 Å². The third kappa shape index (κ3) is 4.81. The number of amides is 1. The van der Waals surface area contributed by atoms with Crippen molar-refractivity contribution in [3.63, 3.8) is 0 Å². The molecule has 0 spiro atoms. The molecule has 34 heavy (non-hydrogen) atoms. The first kappa shape index (κ1) is 24.6. The van der Waals surface area contributed by atoms with E-state index in [-0.39, 0.29) is 6.42 Å². The zero-order valence-corrected chi connectivity index (χ0v) is 18.7. The number of carbonyl (C=O) groups is 1. The molecule has 0 unspecified atom stereocenters. The Morgan fingerprint density at radius 1 is 1.12 bits per heavy atom. The van der Waals surface area contributed by atoms with Gasteiger partial charge in [0.15, 0.2) is 0 Å². The van der Waals surface area contributed by atoms with Crippen molar-refractivity contribution in [1.29, 1.82) is 0 Å². The summed E-state index contributed by atoms with van der Waals surface area (Å²) in [7, 11) is -5.61. The highest BCUT2D eigenvalue weighted by Crippen LogP contribution is 2.36. The van der Waals surface area contributed by atoms with Crippen LogP contribution in [-0.4, -0.2) is 56.1 Å². The SMILES string of the molecule is N[C@H]1C[C@H](C(=O)N2CCc3ccccc3[C@@H]2c2ccc(F)cc2)OC[C@H]1NS(=O)(=O)C(F)(F)F. The van der Waals surface area contributed by atoms with Crippen molar-refractivity contribution in [2.24, 2.45) is 5.73 Å². The van der Waals surface area contributed by atoms with E-state index in [1.165, 1.54) is 16.9 Å². The summed E-state index contributed by atoms with van der Waals surface area (Å²) in [6, 6.07) is 10.5. The molecule has 4 atom stereocenters. The molecule has 2 aromatic rings. The number of nitrogens with zero attached hydrogens (tertiary/aromatic N) is 1. The Morgan fingerprint density at radius 2 is 1.79 bits per heavy atom. The van der Waals surface area contributed by atoms with Crippen LogP contribution in [0.25, 0.3) is 0 Å². The summed E-state index contributed by atoms with van der Waals surface area (Å²) in [6.45, 7) is -0.143. The van der Waals surface area contributed by atoms with Gasteiger partial charge in [0.25, 0.3) is 5.91 Å². The molecule has 2 aliphatic rings. The van der Waals surface area contributed by atoms with Gasteiger partial charge in [0.05, 0.1) is 18.7 Å². The van der Waals surface area contributed by atoms with Gasteiger partial charge >= 0.3 is 15.5 Å². The van der Waals surface area contributed by atoms with Crippen LogP contribution in [0.15, 0.2) is 48.5 Å². The predicted octanol–water partition coefficient (Wildman–Crippen LogP) is 2.22. The maximum absolute atomic E-state index is 13.5. The van der Waals surface area contributed by atoms with Gasteiger partial charge in [-0.05, 0) is 41.7 Å². The molecule has 0 aromatic heterocycles. The molecule has 1 fully saturated rings. The number of hydrogen-bond donors (Lipinski definition) is 2. The van der Waals surface area contributed by atoms with Crippen molar-refractivity contribution in [1.82, 2.24) is 9.62 Å². The lowest BCUT2D eigenvalue weighted by Crippen LogP contribution is -2.59. The van der Waals surface area contributed by atoms with Crippen LogP contribution in [0.5, 0.6) is 0 Å². The fourth-order valence-corrected chi connectivity index (χ4v) is 5.15. The molecule has 0 radical (unpaired) electrons. The average Bonchev–Trinajstić information content (AvgIpc) is 2.79. The summed E-state index contributed by atoms with van der Waals surface area (Å²) >= 11 is 0. The summed E-state index contributed by atoms with van der Waals surface area (Å²) in [5.74, 6) is -0.837. The molecule has 2 aliphatic heterocycles. The molecule has 0 saturated carbocycles. The number of hydrogen-bond acceptors (Lipinski definition) is 5. The predicted molar refractivity (Wildman–Crippen MR) is 114 cm³/mol. The third-order valence-electron chi connectivity index (χ3n) is 6.12. The van der Waals surface area contributed by atoms with E-state index in [4.69, 9.17) is 10.5 Å². The van der Waals surface area contributed by atoms with Crippen LogP contribution < -0.4 is 10.5 Å². The summed E-state index contributed by atoms with van der Waals surface area (Å²) in [5, 5.41) is 0. The van der Waals surface area contributed by atoms with Gasteiger partial charge in [-0.1, -0.05) is 36.4 Å². The lowest BCUT2D eigenvalue weighted by molar-refractivity contribution is -0.150. The van der Waals surface area contributed by atoms with E-state index in [1.807, 2.05) is 24.3 Å². The summed E-state index contributed by atoms with van der Waals surface area (Å²) in [4.78, 5) is 15.1. The first-order valence-corrected chi connectivity index (χ1v) is 12.1. The van der Waals surface area contributed by atoms with Crippen LogP contribution >= 0.6 is 0 Å². The van der Waals surface area contributed by atoms with Crippen LogP contribution in [0.2, 0.25) is 0 Å². The number of nitrogens with two attached hydrogens (primary N) is 1. The quantitative estimate of drug-likeness (QED) is 0.626. The van der Waals surface area contributed by atoms with E-state index in [0.29, 0.717) is 18.5 Å². The van der Waals surface area contributed by atoms with E-state index < -0.39 is 58.1 Å². The first-order chi connectivity index (χ1) is 16.0. The Morgan fingerprint density at radius 3 is 2.44 bits per heavy atom. The van der Waals surface area contributed by atoms with Crippen LogP contribution in [0, 0.1) is 5.82 Å². The minimum atomic E-state index is -5.61. The zero-order chi connectivity index (χ0) is 24.7. The smallest absolute Gasteiger partial charge is 0.367 e. The standard InChI is InChI=1S/C22H23F4N3O4S/c23-15-7-5-14(6-8-15)20-16-4-2-1-3-13(16)9-10-29(20)21(30)19-11-17(27)18(12-33-19)28-34(31,32)22(24,25)26/h1-8,17-20,28H,9-12,27H2/t17-,18+,19+,20-/m0/s1. The van der Waals surface area contributed by atoms with Gasteiger partial charge in [-0.3, -0.25) is 4.79 Å². The normalized spacial score (nSPS) is 25.6. The minimum Gasteiger partial charge on any atom is -0.367 e. The molecule has 3 N–H and O–H groups in total. The maximum atomic E-state index is 13.5. The van der Waals surface area contributed by atoms with Crippen LogP contribution in [0.1, 0.15) is 29.2 Å². The number of fused-ring (bicyclic) bond motifs is 1. The Kier molecular flexibility index (Phi) is 6.69. The fourth-order valence-electron chi connectivity index (χ4n) is 4.38. The number of rotatable bonds is 4. The number of benzene rings is 2. The van der Waals surface area contributed by atoms with E-state index in [9.17, 15) is 30.8 Å². The number of ether oxygens (including phenoxy) is 1. The van der Waals surface area contributed by atoms with Crippen molar-refractivity contribution < 1.29 is 35.5 Å². The van der Waals surface area contributed by atoms with Gasteiger partial charge in [-0.2, -0.15) is 13.2 Å². The van der Waals surface area contributed by atoms with E-state index in [0.717, 1.165) is 11.1 Å². The largest absolute Gasteiger partial charge is 0.511 e. The molecule has 1 saturated heterocycles. The van der Waals surface area contributed by atoms with E-state index >= 15 is 0 Å². The number of nitrogens with one attached hydrogen (secondary N) is 1. The monoisotopic (exact) mass is 501 g/mol. The maximum Gasteiger partial charge on any atom is 0.511 e. The van der Waals surface area contributed by atoms with Gasteiger partial charge in [-0.25, -0.2) is 17.5 Å². The van der Waals surface area contributed by atoms with Crippen LogP contribution in [0.3, 0.4) is 0 Å². The summed E-state index contributed by atoms with van der Waals surface area (Å²) in [5.41, 5.74) is 3.07. The van der Waals surface area contributed by atoms with E-state index in [1.54, 1.807) is 17.0 Å². The highest BCUT2D eigenvalue weighted by Gasteiger charge is 2.49. The van der Waals surface area contributed by atoms with Crippen LogP contribution in [-0.2, 0) is 26.0 Å². The molecule has 2 aromatic carbocycles. The molecule has 0 aliphatic carbocycles. The molecule has 12 heteroatoms.